The second-order valence-corrected chi connectivity index (χ2v) is 4.77. The summed E-state index contributed by atoms with van der Waals surface area (Å²) in [5.74, 6) is -0.419. The van der Waals surface area contributed by atoms with E-state index in [2.05, 4.69) is 17.6 Å². The normalized spacial score (nSPS) is 10.3. The summed E-state index contributed by atoms with van der Waals surface area (Å²) in [6, 6.07) is 4.41. The average molecular weight is 287 g/mol. The van der Waals surface area contributed by atoms with Crippen LogP contribution in [0.1, 0.15) is 32.6 Å². The van der Waals surface area contributed by atoms with Gasteiger partial charge in [-0.1, -0.05) is 31.4 Å². The Hall–Kier alpha value is -1.29. The summed E-state index contributed by atoms with van der Waals surface area (Å²) in [5.41, 5.74) is 0.713. The summed E-state index contributed by atoms with van der Waals surface area (Å²) in [7, 11) is 0. The van der Waals surface area contributed by atoms with Gasteiger partial charge in [0, 0.05) is 25.2 Å². The summed E-state index contributed by atoms with van der Waals surface area (Å²) in [5, 5.41) is 5.97. The van der Waals surface area contributed by atoms with Gasteiger partial charge in [-0.2, -0.15) is 0 Å². The highest BCUT2D eigenvalue weighted by Crippen LogP contribution is 2.19. The first-order chi connectivity index (χ1) is 9.13. The summed E-state index contributed by atoms with van der Waals surface area (Å²) in [6.07, 6.45) is 3.68. The maximum Gasteiger partial charge on any atom is 0.221 e. The van der Waals surface area contributed by atoms with Crippen LogP contribution in [0.3, 0.4) is 0 Å². The number of carbonyl (C=O) groups excluding carboxylic acids is 1. The van der Waals surface area contributed by atoms with Gasteiger partial charge in [0.1, 0.15) is 5.82 Å². The number of hydrogen-bond donors (Lipinski definition) is 2. The number of rotatable bonds is 8. The second kappa shape index (κ2) is 8.75. The molecule has 0 aromatic heterocycles. The molecular weight excluding hydrogens is 267 g/mol. The molecule has 0 radical (unpaired) electrons. The molecule has 0 aliphatic heterocycles. The van der Waals surface area contributed by atoms with Gasteiger partial charge in [0.2, 0.25) is 5.91 Å². The third-order valence-corrected chi connectivity index (χ3v) is 2.99. The molecular formula is C14H20ClFN2O. The second-order valence-electron chi connectivity index (χ2n) is 4.36. The van der Waals surface area contributed by atoms with Crippen molar-refractivity contribution in [2.45, 2.75) is 32.6 Å². The van der Waals surface area contributed by atoms with E-state index in [1.165, 1.54) is 12.1 Å². The number of carbonyl (C=O) groups is 1. The van der Waals surface area contributed by atoms with E-state index in [-0.39, 0.29) is 10.9 Å². The molecule has 1 amide bonds. The van der Waals surface area contributed by atoms with Gasteiger partial charge >= 0.3 is 0 Å². The summed E-state index contributed by atoms with van der Waals surface area (Å²) >= 11 is 5.66. The van der Waals surface area contributed by atoms with Crippen LogP contribution < -0.4 is 10.6 Å². The fourth-order valence-electron chi connectivity index (χ4n) is 1.62. The molecule has 5 heteroatoms. The Morgan fingerprint density at radius 2 is 2.11 bits per heavy atom. The number of nitrogens with one attached hydrogen (secondary N) is 2. The predicted molar refractivity (Wildman–Crippen MR) is 77.1 cm³/mol. The fraction of sp³-hybridized carbons (Fsp3) is 0.500. The first kappa shape index (κ1) is 15.8. The number of amides is 1. The smallest absolute Gasteiger partial charge is 0.221 e. The molecule has 2 N–H and O–H groups in total. The molecule has 106 valence electrons. The Bertz CT molecular complexity index is 412. The van der Waals surface area contributed by atoms with Crippen molar-refractivity contribution < 1.29 is 9.18 Å². The number of benzene rings is 1. The summed E-state index contributed by atoms with van der Waals surface area (Å²) in [4.78, 5) is 11.5. The van der Waals surface area contributed by atoms with Crippen molar-refractivity contribution in [3.05, 3.63) is 29.0 Å². The Balaban J connectivity index is 2.18. The standard InChI is InChI=1S/C14H20ClFN2O/c1-2-3-4-8-18-14(19)7-9-17-11-5-6-13(16)12(15)10-11/h5-6,10,17H,2-4,7-9H2,1H3,(H,18,19). The monoisotopic (exact) mass is 286 g/mol. The Morgan fingerprint density at radius 3 is 2.79 bits per heavy atom. The van der Waals surface area contributed by atoms with Gasteiger partial charge in [0.05, 0.1) is 5.02 Å². The van der Waals surface area contributed by atoms with E-state index >= 15 is 0 Å². The Labute approximate surface area is 118 Å². The largest absolute Gasteiger partial charge is 0.384 e. The summed E-state index contributed by atoms with van der Waals surface area (Å²) in [6.45, 7) is 3.36. The Kier molecular flexibility index (Phi) is 7.26. The molecule has 0 fully saturated rings. The highest BCUT2D eigenvalue weighted by atomic mass is 35.5. The van der Waals surface area contributed by atoms with Crippen molar-refractivity contribution in [1.82, 2.24) is 5.32 Å². The van der Waals surface area contributed by atoms with E-state index in [4.69, 9.17) is 11.6 Å². The fourth-order valence-corrected chi connectivity index (χ4v) is 1.80. The molecule has 0 spiro atoms. The molecule has 1 rings (SSSR count). The van der Waals surface area contributed by atoms with E-state index < -0.39 is 5.82 Å². The lowest BCUT2D eigenvalue weighted by atomic mass is 10.2. The van der Waals surface area contributed by atoms with Crippen LogP contribution in [0.2, 0.25) is 5.02 Å². The molecule has 0 saturated heterocycles. The maximum atomic E-state index is 12.9. The van der Waals surface area contributed by atoms with Crippen LogP contribution in [-0.4, -0.2) is 19.0 Å². The SMILES string of the molecule is CCCCCNC(=O)CCNc1ccc(F)c(Cl)c1. The van der Waals surface area contributed by atoms with Gasteiger partial charge < -0.3 is 10.6 Å². The van der Waals surface area contributed by atoms with Crippen molar-refractivity contribution in [2.75, 3.05) is 18.4 Å². The molecule has 0 bridgehead atoms. The van der Waals surface area contributed by atoms with Crippen LogP contribution >= 0.6 is 11.6 Å². The van der Waals surface area contributed by atoms with Gasteiger partial charge in [-0.05, 0) is 24.6 Å². The van der Waals surface area contributed by atoms with E-state index in [9.17, 15) is 9.18 Å². The zero-order valence-electron chi connectivity index (χ0n) is 11.1. The van der Waals surface area contributed by atoms with E-state index in [0.717, 1.165) is 25.8 Å². The third kappa shape index (κ3) is 6.43. The Morgan fingerprint density at radius 1 is 1.32 bits per heavy atom. The topological polar surface area (TPSA) is 41.1 Å². The maximum absolute atomic E-state index is 12.9. The molecule has 3 nitrogen and oxygen atoms in total. The first-order valence-electron chi connectivity index (χ1n) is 6.59. The zero-order chi connectivity index (χ0) is 14.1. The van der Waals surface area contributed by atoms with Crippen molar-refractivity contribution in [3.63, 3.8) is 0 Å². The van der Waals surface area contributed by atoms with Gasteiger partial charge in [-0.3, -0.25) is 4.79 Å². The minimum absolute atomic E-state index is 0.0248. The van der Waals surface area contributed by atoms with Crippen LogP contribution in [0.25, 0.3) is 0 Å². The van der Waals surface area contributed by atoms with Crippen molar-refractivity contribution >= 4 is 23.2 Å². The average Bonchev–Trinajstić information content (AvgIpc) is 2.39. The van der Waals surface area contributed by atoms with E-state index in [1.54, 1.807) is 6.07 Å². The minimum Gasteiger partial charge on any atom is -0.384 e. The van der Waals surface area contributed by atoms with E-state index in [0.29, 0.717) is 18.7 Å². The lowest BCUT2D eigenvalue weighted by molar-refractivity contribution is -0.120. The number of hydrogen-bond acceptors (Lipinski definition) is 2. The van der Waals surface area contributed by atoms with Crippen LogP contribution in [-0.2, 0) is 4.79 Å². The van der Waals surface area contributed by atoms with Crippen LogP contribution in [0.4, 0.5) is 10.1 Å². The van der Waals surface area contributed by atoms with Crippen molar-refractivity contribution in [1.29, 1.82) is 0 Å². The number of halogens is 2. The summed E-state index contributed by atoms with van der Waals surface area (Å²) < 4.78 is 12.9. The lowest BCUT2D eigenvalue weighted by Crippen LogP contribution is -2.26. The molecule has 0 heterocycles. The predicted octanol–water partition coefficient (Wildman–Crippen LogP) is 3.59. The van der Waals surface area contributed by atoms with Crippen LogP contribution in [0, 0.1) is 5.82 Å². The van der Waals surface area contributed by atoms with Crippen LogP contribution in [0.5, 0.6) is 0 Å². The van der Waals surface area contributed by atoms with E-state index in [1.807, 2.05) is 0 Å². The molecule has 1 aromatic rings. The molecule has 0 aliphatic carbocycles. The van der Waals surface area contributed by atoms with Gasteiger partial charge in [0.25, 0.3) is 0 Å². The van der Waals surface area contributed by atoms with Gasteiger partial charge in [-0.25, -0.2) is 4.39 Å². The molecule has 0 atom stereocenters. The van der Waals surface area contributed by atoms with Crippen LogP contribution in [0.15, 0.2) is 18.2 Å². The molecule has 0 saturated carbocycles. The highest BCUT2D eigenvalue weighted by Gasteiger charge is 2.02. The number of anilines is 1. The zero-order valence-corrected chi connectivity index (χ0v) is 11.9. The van der Waals surface area contributed by atoms with Gasteiger partial charge in [0.15, 0.2) is 0 Å². The molecule has 0 aliphatic rings. The quantitative estimate of drug-likeness (QED) is 0.717. The van der Waals surface area contributed by atoms with Crippen molar-refractivity contribution in [2.24, 2.45) is 0 Å². The molecule has 0 unspecified atom stereocenters. The highest BCUT2D eigenvalue weighted by molar-refractivity contribution is 6.31. The van der Waals surface area contributed by atoms with Gasteiger partial charge in [-0.15, -0.1) is 0 Å². The van der Waals surface area contributed by atoms with Crippen molar-refractivity contribution in [3.8, 4) is 0 Å². The number of unbranched alkanes of at least 4 members (excludes halogenated alkanes) is 2. The third-order valence-electron chi connectivity index (χ3n) is 2.70. The molecule has 19 heavy (non-hydrogen) atoms. The lowest BCUT2D eigenvalue weighted by Gasteiger charge is -2.08. The minimum atomic E-state index is -0.444. The molecule has 1 aromatic carbocycles. The first-order valence-corrected chi connectivity index (χ1v) is 6.97.